The minimum absolute atomic E-state index is 0.0246. The van der Waals surface area contributed by atoms with Crippen molar-refractivity contribution >= 4 is 15.7 Å². The largest absolute Gasteiger partial charge is 0.383 e. The van der Waals surface area contributed by atoms with E-state index >= 15 is 0 Å². The molecule has 120 valence electrons. The number of ether oxygens (including phenoxy) is 1. The number of nitrogens with one attached hydrogen (secondary N) is 2. The molecule has 1 aromatic carbocycles. The predicted octanol–water partition coefficient (Wildman–Crippen LogP) is 1.15. The van der Waals surface area contributed by atoms with E-state index in [1.165, 1.54) is 0 Å². The summed E-state index contributed by atoms with van der Waals surface area (Å²) in [5, 5.41) is 3.25. The zero-order chi connectivity index (χ0) is 15.7. The fourth-order valence-corrected chi connectivity index (χ4v) is 3.28. The van der Waals surface area contributed by atoms with Gasteiger partial charge in [-0.1, -0.05) is 19.1 Å². The van der Waals surface area contributed by atoms with Gasteiger partial charge in [0.1, 0.15) is 4.90 Å². The molecule has 4 N–H and O–H groups in total. The summed E-state index contributed by atoms with van der Waals surface area (Å²) in [6.07, 6.45) is 1.67. The van der Waals surface area contributed by atoms with E-state index in [0.29, 0.717) is 25.4 Å². The first-order valence-corrected chi connectivity index (χ1v) is 8.57. The third kappa shape index (κ3) is 5.62. The van der Waals surface area contributed by atoms with Crippen molar-refractivity contribution in [3.63, 3.8) is 0 Å². The molecule has 0 aliphatic rings. The Morgan fingerprint density at radius 3 is 2.67 bits per heavy atom. The van der Waals surface area contributed by atoms with Crippen molar-refractivity contribution in [1.29, 1.82) is 0 Å². The van der Waals surface area contributed by atoms with Gasteiger partial charge in [0.25, 0.3) is 0 Å². The van der Waals surface area contributed by atoms with E-state index in [4.69, 9.17) is 10.5 Å². The van der Waals surface area contributed by atoms with E-state index < -0.39 is 10.0 Å². The fraction of sp³-hybridized carbons (Fsp3) is 0.571. The van der Waals surface area contributed by atoms with Gasteiger partial charge in [-0.3, -0.25) is 0 Å². The Labute approximate surface area is 127 Å². The molecule has 0 amide bonds. The third-order valence-corrected chi connectivity index (χ3v) is 4.60. The van der Waals surface area contributed by atoms with Gasteiger partial charge in [-0.2, -0.15) is 0 Å². The van der Waals surface area contributed by atoms with Crippen molar-refractivity contribution in [2.75, 3.05) is 32.1 Å². The van der Waals surface area contributed by atoms with Crippen molar-refractivity contribution < 1.29 is 13.2 Å². The summed E-state index contributed by atoms with van der Waals surface area (Å²) in [7, 11) is -1.88. The van der Waals surface area contributed by atoms with Crippen LogP contribution in [0.4, 0.5) is 5.69 Å². The van der Waals surface area contributed by atoms with Crippen LogP contribution in [0.3, 0.4) is 0 Å². The van der Waals surface area contributed by atoms with E-state index in [2.05, 4.69) is 10.0 Å². The number of rotatable bonds is 10. The third-order valence-electron chi connectivity index (χ3n) is 3.00. The van der Waals surface area contributed by atoms with Gasteiger partial charge < -0.3 is 15.8 Å². The van der Waals surface area contributed by atoms with Crippen LogP contribution >= 0.6 is 0 Å². The van der Waals surface area contributed by atoms with E-state index in [-0.39, 0.29) is 10.9 Å². The molecule has 0 saturated carbocycles. The summed E-state index contributed by atoms with van der Waals surface area (Å²) >= 11 is 0. The van der Waals surface area contributed by atoms with Crippen LogP contribution < -0.4 is 15.8 Å². The lowest BCUT2D eigenvalue weighted by Crippen LogP contribution is -2.29. The van der Waals surface area contributed by atoms with Crippen LogP contribution in [0.15, 0.2) is 29.2 Å². The van der Waals surface area contributed by atoms with Gasteiger partial charge in [-0.25, -0.2) is 13.1 Å². The summed E-state index contributed by atoms with van der Waals surface area (Å²) in [4.78, 5) is 0.251. The van der Waals surface area contributed by atoms with Gasteiger partial charge in [0.2, 0.25) is 10.0 Å². The molecule has 0 spiro atoms. The number of para-hydroxylation sites is 1. The molecular formula is C14H25N3O3S. The van der Waals surface area contributed by atoms with Crippen molar-refractivity contribution in [3.8, 4) is 0 Å². The maximum atomic E-state index is 12.2. The molecule has 0 aliphatic carbocycles. The first-order valence-electron chi connectivity index (χ1n) is 7.09. The second-order valence-electron chi connectivity index (χ2n) is 4.72. The Hall–Kier alpha value is -1.15. The zero-order valence-electron chi connectivity index (χ0n) is 12.6. The summed E-state index contributed by atoms with van der Waals surface area (Å²) in [6.45, 7) is 3.20. The maximum Gasteiger partial charge on any atom is 0.242 e. The first kappa shape index (κ1) is 17.9. The normalized spacial score (nSPS) is 13.1. The van der Waals surface area contributed by atoms with Crippen LogP contribution in [0.5, 0.6) is 0 Å². The topological polar surface area (TPSA) is 93.5 Å². The Morgan fingerprint density at radius 2 is 2.05 bits per heavy atom. The zero-order valence-corrected chi connectivity index (χ0v) is 13.4. The van der Waals surface area contributed by atoms with Crippen LogP contribution in [0, 0.1) is 0 Å². The SMILES string of the molecule is CCNS(=O)(=O)c1ccccc1NC(CCCN)COC. The minimum atomic E-state index is -3.50. The molecule has 1 rings (SSSR count). The highest BCUT2D eigenvalue weighted by molar-refractivity contribution is 7.89. The second kappa shape index (κ2) is 8.99. The highest BCUT2D eigenvalue weighted by Crippen LogP contribution is 2.22. The molecular weight excluding hydrogens is 290 g/mol. The van der Waals surface area contributed by atoms with Crippen LogP contribution in [-0.4, -0.2) is 41.3 Å². The molecule has 6 nitrogen and oxygen atoms in total. The van der Waals surface area contributed by atoms with Crippen LogP contribution in [0.25, 0.3) is 0 Å². The van der Waals surface area contributed by atoms with Gasteiger partial charge >= 0.3 is 0 Å². The van der Waals surface area contributed by atoms with Crippen molar-refractivity contribution in [1.82, 2.24) is 4.72 Å². The van der Waals surface area contributed by atoms with E-state index in [9.17, 15) is 8.42 Å². The summed E-state index contributed by atoms with van der Waals surface area (Å²) in [5.41, 5.74) is 6.11. The molecule has 7 heteroatoms. The van der Waals surface area contributed by atoms with Crippen molar-refractivity contribution in [3.05, 3.63) is 24.3 Å². The van der Waals surface area contributed by atoms with Crippen LogP contribution in [0.1, 0.15) is 19.8 Å². The van der Waals surface area contributed by atoms with Crippen molar-refractivity contribution in [2.45, 2.75) is 30.7 Å². The molecule has 0 bridgehead atoms. The number of anilines is 1. The Balaban J connectivity index is 2.96. The minimum Gasteiger partial charge on any atom is -0.383 e. The van der Waals surface area contributed by atoms with Gasteiger partial charge in [0.15, 0.2) is 0 Å². The van der Waals surface area contributed by atoms with Gasteiger partial charge in [-0.05, 0) is 31.5 Å². The van der Waals surface area contributed by atoms with E-state index in [1.54, 1.807) is 38.3 Å². The van der Waals surface area contributed by atoms with Crippen molar-refractivity contribution in [2.24, 2.45) is 5.73 Å². The molecule has 0 aliphatic heterocycles. The monoisotopic (exact) mass is 315 g/mol. The highest BCUT2D eigenvalue weighted by atomic mass is 32.2. The maximum absolute atomic E-state index is 12.2. The molecule has 1 unspecified atom stereocenters. The average Bonchev–Trinajstić information content (AvgIpc) is 2.45. The van der Waals surface area contributed by atoms with Crippen LogP contribution in [-0.2, 0) is 14.8 Å². The lowest BCUT2D eigenvalue weighted by Gasteiger charge is -2.21. The highest BCUT2D eigenvalue weighted by Gasteiger charge is 2.19. The number of hydrogen-bond donors (Lipinski definition) is 3. The Bertz CT molecular complexity index is 520. The van der Waals surface area contributed by atoms with E-state index in [1.807, 2.05) is 0 Å². The lowest BCUT2D eigenvalue weighted by molar-refractivity contribution is 0.182. The van der Waals surface area contributed by atoms with E-state index in [0.717, 1.165) is 12.8 Å². The molecule has 21 heavy (non-hydrogen) atoms. The number of nitrogens with two attached hydrogens (primary N) is 1. The van der Waals surface area contributed by atoms with Gasteiger partial charge in [0, 0.05) is 19.7 Å². The Kier molecular flexibility index (Phi) is 7.66. The molecule has 0 aromatic heterocycles. The second-order valence-corrected chi connectivity index (χ2v) is 6.46. The standard InChI is InChI=1S/C14H25N3O3S/c1-3-16-21(18,19)14-9-5-4-8-13(14)17-12(11-20-2)7-6-10-15/h4-5,8-9,12,16-17H,3,6-7,10-11,15H2,1-2H3. The smallest absolute Gasteiger partial charge is 0.242 e. The van der Waals surface area contributed by atoms with Gasteiger partial charge in [0.05, 0.1) is 12.3 Å². The summed E-state index contributed by atoms with van der Waals surface area (Å²) in [6, 6.07) is 6.89. The molecule has 1 atom stereocenters. The van der Waals surface area contributed by atoms with Crippen LogP contribution in [0.2, 0.25) is 0 Å². The molecule has 0 heterocycles. The predicted molar refractivity (Wildman–Crippen MR) is 84.9 cm³/mol. The number of benzene rings is 1. The number of hydrogen-bond acceptors (Lipinski definition) is 5. The average molecular weight is 315 g/mol. The summed E-state index contributed by atoms with van der Waals surface area (Å²) in [5.74, 6) is 0. The van der Waals surface area contributed by atoms with Gasteiger partial charge in [-0.15, -0.1) is 0 Å². The summed E-state index contributed by atoms with van der Waals surface area (Å²) < 4.78 is 32.1. The quantitative estimate of drug-likeness (QED) is 0.602. The lowest BCUT2D eigenvalue weighted by atomic mass is 10.1. The fourth-order valence-electron chi connectivity index (χ4n) is 2.07. The Morgan fingerprint density at radius 1 is 1.33 bits per heavy atom. The molecule has 0 saturated heterocycles. The molecule has 0 radical (unpaired) electrons. The molecule has 0 fully saturated rings. The first-order chi connectivity index (χ1) is 10.0. The number of methoxy groups -OCH3 is 1. The molecule has 1 aromatic rings. The number of sulfonamides is 1.